The number of amides is 4. The average Bonchev–Trinajstić information content (AvgIpc) is 3.10. The van der Waals surface area contributed by atoms with E-state index in [4.69, 9.17) is 9.47 Å². The largest absolute Gasteiger partial charge is 0.453 e. The van der Waals surface area contributed by atoms with Crippen molar-refractivity contribution >= 4 is 35.8 Å². The van der Waals surface area contributed by atoms with Gasteiger partial charge in [-0.2, -0.15) is 11.8 Å². The van der Waals surface area contributed by atoms with Gasteiger partial charge in [-0.05, 0) is 54.2 Å². The van der Waals surface area contributed by atoms with Crippen molar-refractivity contribution in [3.8, 4) is 11.3 Å². The van der Waals surface area contributed by atoms with E-state index in [1.807, 2.05) is 93.6 Å². The molecule has 0 spiro atoms. The van der Waals surface area contributed by atoms with Gasteiger partial charge in [0.25, 0.3) is 5.91 Å². The Hall–Kier alpha value is -4.62. The zero-order valence-corrected chi connectivity index (χ0v) is 30.3. The molecule has 0 saturated heterocycles. The van der Waals surface area contributed by atoms with Crippen molar-refractivity contribution < 1.29 is 33.8 Å². The van der Waals surface area contributed by atoms with E-state index >= 15 is 0 Å². The van der Waals surface area contributed by atoms with Crippen LogP contribution in [0.1, 0.15) is 38.3 Å². The van der Waals surface area contributed by atoms with Crippen LogP contribution in [0.3, 0.4) is 0 Å². The van der Waals surface area contributed by atoms with E-state index in [0.717, 1.165) is 22.4 Å². The van der Waals surface area contributed by atoms with Crippen LogP contribution in [0.4, 0.5) is 9.59 Å². The monoisotopic (exact) mass is 707 g/mol. The molecule has 50 heavy (non-hydrogen) atoms. The topological polar surface area (TPSA) is 168 Å². The van der Waals surface area contributed by atoms with Crippen LogP contribution in [0, 0.1) is 5.41 Å². The normalized spacial score (nSPS) is 14.2. The molecule has 5 atom stereocenters. The van der Waals surface area contributed by atoms with Gasteiger partial charge in [0.2, 0.25) is 5.91 Å². The van der Waals surface area contributed by atoms with Gasteiger partial charge in [0, 0.05) is 30.6 Å². The van der Waals surface area contributed by atoms with Gasteiger partial charge in [-0.15, -0.1) is 0 Å². The summed E-state index contributed by atoms with van der Waals surface area (Å²) in [5.74, 6) is -0.793. The number of thioether (sulfide) groups is 1. The third-order valence-corrected chi connectivity index (χ3v) is 8.64. The summed E-state index contributed by atoms with van der Waals surface area (Å²) < 4.78 is 10.1. The van der Waals surface area contributed by atoms with E-state index in [1.165, 1.54) is 25.9 Å². The number of pyridine rings is 1. The molecule has 3 aromatic rings. The molecule has 0 fully saturated rings. The van der Waals surface area contributed by atoms with Gasteiger partial charge in [0.05, 0.1) is 24.9 Å². The highest BCUT2D eigenvalue weighted by Crippen LogP contribution is 2.22. The molecular formula is C37H49N5O7S. The predicted octanol–water partition coefficient (Wildman–Crippen LogP) is 4.11. The van der Waals surface area contributed by atoms with Gasteiger partial charge in [-0.3, -0.25) is 14.6 Å². The molecule has 1 aromatic heterocycles. The zero-order chi connectivity index (χ0) is 36.7. The first-order valence-corrected chi connectivity index (χ1v) is 17.8. The molecule has 13 heteroatoms. The Labute approximate surface area is 298 Å². The Morgan fingerprint density at radius 3 is 2.08 bits per heavy atom. The number of rotatable bonds is 16. The number of hydrogen-bond donors (Lipinski definition) is 5. The van der Waals surface area contributed by atoms with E-state index in [1.54, 1.807) is 12.5 Å². The number of hydrogen-bond acceptors (Lipinski definition) is 9. The summed E-state index contributed by atoms with van der Waals surface area (Å²) in [6.07, 6.45) is 0.438. The number of benzene rings is 2. The second-order valence-corrected chi connectivity index (χ2v) is 13.9. The quantitative estimate of drug-likeness (QED) is 0.147. The minimum atomic E-state index is -1.14. The maximum absolute atomic E-state index is 13.8. The van der Waals surface area contributed by atoms with Gasteiger partial charge in [-0.25, -0.2) is 9.59 Å². The van der Waals surface area contributed by atoms with Crippen LogP contribution in [0.15, 0.2) is 79.0 Å². The SMILES string of the molecule is CNC(=O)OC(CSC)C(=O)NC(Cc1ccccc1)C(O)CC(Cc1ccc(-c2ccccn2)cc1)NC(=O)C(NC(=O)OC)C(C)(C)C. The Balaban J connectivity index is 1.93. The molecule has 0 aliphatic carbocycles. The van der Waals surface area contributed by atoms with Crippen LogP contribution >= 0.6 is 11.8 Å². The summed E-state index contributed by atoms with van der Waals surface area (Å²) in [5.41, 5.74) is 2.83. The lowest BCUT2D eigenvalue weighted by Crippen LogP contribution is -2.57. The molecular weight excluding hydrogens is 659 g/mol. The van der Waals surface area contributed by atoms with Gasteiger partial charge in [0.15, 0.2) is 6.10 Å². The Morgan fingerprint density at radius 1 is 0.840 bits per heavy atom. The number of nitrogens with zero attached hydrogens (tertiary/aromatic N) is 1. The molecule has 270 valence electrons. The number of aromatic nitrogens is 1. The molecule has 1 heterocycles. The second-order valence-electron chi connectivity index (χ2n) is 13.0. The van der Waals surface area contributed by atoms with Crippen LogP contribution in [0.5, 0.6) is 0 Å². The van der Waals surface area contributed by atoms with Crippen molar-refractivity contribution in [1.29, 1.82) is 0 Å². The molecule has 3 rings (SSSR count). The maximum atomic E-state index is 13.8. The summed E-state index contributed by atoms with van der Waals surface area (Å²) >= 11 is 1.34. The molecule has 4 amide bonds. The number of carbonyl (C=O) groups is 4. The fraction of sp³-hybridized carbons (Fsp3) is 0.432. The maximum Gasteiger partial charge on any atom is 0.407 e. The molecule has 5 N–H and O–H groups in total. The van der Waals surface area contributed by atoms with Crippen LogP contribution in [0.25, 0.3) is 11.3 Å². The molecule has 5 unspecified atom stereocenters. The van der Waals surface area contributed by atoms with E-state index in [9.17, 15) is 24.3 Å². The van der Waals surface area contributed by atoms with E-state index < -0.39 is 59.7 Å². The van der Waals surface area contributed by atoms with E-state index in [0.29, 0.717) is 6.42 Å². The van der Waals surface area contributed by atoms with Crippen LogP contribution < -0.4 is 21.3 Å². The van der Waals surface area contributed by atoms with E-state index in [2.05, 4.69) is 26.3 Å². The standard InChI is InChI=1S/C37H49N5O7S/c1-37(2,3)32(42-36(47)48-5)34(45)40-27(20-25-15-17-26(18-16-25)28-14-10-11-19-39-28)22-30(43)29(21-24-12-8-7-9-13-24)41-33(44)31(23-50-6)49-35(46)38-4/h7-19,27,29-32,43H,20-23H2,1-6H3,(H,38,46)(H,40,45)(H,41,44)(H,42,47). The van der Waals surface area contributed by atoms with Crippen molar-refractivity contribution in [2.75, 3.05) is 26.2 Å². The number of ether oxygens (including phenoxy) is 2. The summed E-state index contributed by atoms with van der Waals surface area (Å²) in [6, 6.07) is 20.5. The first-order valence-electron chi connectivity index (χ1n) is 16.4. The molecule has 0 aliphatic rings. The molecule has 0 saturated carbocycles. The molecule has 2 aromatic carbocycles. The van der Waals surface area contributed by atoms with Crippen molar-refractivity contribution in [3.05, 3.63) is 90.1 Å². The predicted molar refractivity (Wildman–Crippen MR) is 195 cm³/mol. The number of alkyl carbamates (subject to hydrolysis) is 2. The van der Waals surface area contributed by atoms with Crippen molar-refractivity contribution in [3.63, 3.8) is 0 Å². The lowest BCUT2D eigenvalue weighted by atomic mass is 9.85. The van der Waals surface area contributed by atoms with Crippen molar-refractivity contribution in [2.24, 2.45) is 5.41 Å². The van der Waals surface area contributed by atoms with Crippen LogP contribution in [0.2, 0.25) is 0 Å². The number of methoxy groups -OCH3 is 1. The van der Waals surface area contributed by atoms with Crippen LogP contribution in [-0.4, -0.2) is 90.6 Å². The minimum absolute atomic E-state index is 0.0457. The third-order valence-electron chi connectivity index (χ3n) is 8.00. The van der Waals surface area contributed by atoms with Gasteiger partial charge in [0.1, 0.15) is 6.04 Å². The fourth-order valence-corrected chi connectivity index (χ4v) is 5.87. The van der Waals surface area contributed by atoms with Crippen LogP contribution in [-0.2, 0) is 31.9 Å². The number of aliphatic hydroxyl groups is 1. The molecule has 0 aliphatic heterocycles. The summed E-state index contributed by atoms with van der Waals surface area (Å²) in [6.45, 7) is 5.47. The fourth-order valence-electron chi connectivity index (χ4n) is 5.35. The summed E-state index contributed by atoms with van der Waals surface area (Å²) in [4.78, 5) is 55.9. The molecule has 0 bridgehead atoms. The van der Waals surface area contributed by atoms with E-state index in [-0.39, 0.29) is 18.6 Å². The number of carbonyl (C=O) groups excluding carboxylic acids is 4. The van der Waals surface area contributed by atoms with Gasteiger partial charge < -0.3 is 35.8 Å². The Kier molecular flexibility index (Phi) is 15.6. The first kappa shape index (κ1) is 39.8. The number of aliphatic hydroxyl groups excluding tert-OH is 1. The lowest BCUT2D eigenvalue weighted by molar-refractivity contribution is -0.130. The Morgan fingerprint density at radius 2 is 1.50 bits per heavy atom. The molecule has 0 radical (unpaired) electrons. The van der Waals surface area contributed by atoms with Gasteiger partial charge >= 0.3 is 12.2 Å². The first-order chi connectivity index (χ1) is 23.8. The zero-order valence-electron chi connectivity index (χ0n) is 29.5. The summed E-state index contributed by atoms with van der Waals surface area (Å²) in [7, 11) is 2.63. The average molecular weight is 708 g/mol. The van der Waals surface area contributed by atoms with Gasteiger partial charge in [-0.1, -0.05) is 81.4 Å². The highest BCUT2D eigenvalue weighted by molar-refractivity contribution is 7.98. The smallest absolute Gasteiger partial charge is 0.407 e. The lowest BCUT2D eigenvalue weighted by Gasteiger charge is -2.33. The highest BCUT2D eigenvalue weighted by atomic mass is 32.2. The van der Waals surface area contributed by atoms with Crippen molar-refractivity contribution in [1.82, 2.24) is 26.3 Å². The summed E-state index contributed by atoms with van der Waals surface area (Å²) in [5, 5.41) is 22.8. The second kappa shape index (κ2) is 19.5. The third kappa shape index (κ3) is 12.7. The molecule has 12 nitrogen and oxygen atoms in total. The highest BCUT2D eigenvalue weighted by Gasteiger charge is 2.36. The number of nitrogens with one attached hydrogen (secondary N) is 4. The Bertz CT molecular complexity index is 1520. The minimum Gasteiger partial charge on any atom is -0.453 e. The van der Waals surface area contributed by atoms with Crippen molar-refractivity contribution in [2.45, 2.75) is 70.4 Å².